The molecule has 6 nitrogen and oxygen atoms in total. The molecule has 0 bridgehead atoms. The van der Waals surface area contributed by atoms with Gasteiger partial charge < -0.3 is 10.2 Å². The predicted octanol–water partition coefficient (Wildman–Crippen LogP) is 1.76. The van der Waals surface area contributed by atoms with Crippen molar-refractivity contribution in [3.05, 3.63) is 36.3 Å². The monoisotopic (exact) mass is 312 g/mol. The van der Waals surface area contributed by atoms with Gasteiger partial charge in [-0.15, -0.1) is 0 Å². The summed E-state index contributed by atoms with van der Waals surface area (Å²) in [5.74, 6) is -0.0893. The number of rotatable bonds is 4. The molecule has 3 rings (SSSR count). The molecule has 3 heterocycles. The maximum atomic E-state index is 12.4. The van der Waals surface area contributed by atoms with Crippen molar-refractivity contribution in [3.63, 3.8) is 0 Å². The van der Waals surface area contributed by atoms with Crippen LogP contribution < -0.4 is 5.32 Å². The SMILES string of the molecule is CC(CNC(=O)c1nccc2cccnc12)N1CCCCC1=O. The van der Waals surface area contributed by atoms with Gasteiger partial charge in [-0.25, -0.2) is 4.98 Å². The first-order valence-electron chi connectivity index (χ1n) is 7.94. The van der Waals surface area contributed by atoms with Crippen LogP contribution in [0.4, 0.5) is 0 Å². The Balaban J connectivity index is 1.68. The zero-order valence-electron chi connectivity index (χ0n) is 13.2. The summed E-state index contributed by atoms with van der Waals surface area (Å²) in [5, 5.41) is 3.75. The summed E-state index contributed by atoms with van der Waals surface area (Å²) in [6, 6.07) is 5.53. The molecular weight excluding hydrogens is 292 g/mol. The van der Waals surface area contributed by atoms with Crippen molar-refractivity contribution in [1.82, 2.24) is 20.2 Å². The highest BCUT2D eigenvalue weighted by molar-refractivity contribution is 6.03. The summed E-state index contributed by atoms with van der Waals surface area (Å²) in [6.45, 7) is 3.14. The van der Waals surface area contributed by atoms with Gasteiger partial charge in [-0.1, -0.05) is 6.07 Å². The minimum atomic E-state index is -0.259. The van der Waals surface area contributed by atoms with Crippen LogP contribution in [0.3, 0.4) is 0 Å². The number of hydrogen-bond acceptors (Lipinski definition) is 4. The quantitative estimate of drug-likeness (QED) is 0.933. The third-order valence-electron chi connectivity index (χ3n) is 4.19. The Bertz CT molecular complexity index is 726. The first kappa shape index (κ1) is 15.4. The zero-order valence-corrected chi connectivity index (χ0v) is 13.2. The van der Waals surface area contributed by atoms with Crippen LogP contribution in [-0.2, 0) is 4.79 Å². The van der Waals surface area contributed by atoms with Crippen molar-refractivity contribution >= 4 is 22.7 Å². The summed E-state index contributed by atoms with van der Waals surface area (Å²) in [5.41, 5.74) is 0.912. The predicted molar refractivity (Wildman–Crippen MR) is 86.9 cm³/mol. The van der Waals surface area contributed by atoms with E-state index in [0.29, 0.717) is 24.2 Å². The normalized spacial score (nSPS) is 16.4. The molecule has 1 unspecified atom stereocenters. The van der Waals surface area contributed by atoms with Gasteiger partial charge in [-0.2, -0.15) is 0 Å². The van der Waals surface area contributed by atoms with Crippen molar-refractivity contribution in [1.29, 1.82) is 0 Å². The Morgan fingerprint density at radius 1 is 1.30 bits per heavy atom. The summed E-state index contributed by atoms with van der Waals surface area (Å²) in [6.07, 6.45) is 5.85. The minimum Gasteiger partial charge on any atom is -0.349 e. The zero-order chi connectivity index (χ0) is 16.2. The van der Waals surface area contributed by atoms with E-state index in [1.807, 2.05) is 30.0 Å². The maximum Gasteiger partial charge on any atom is 0.272 e. The summed E-state index contributed by atoms with van der Waals surface area (Å²) >= 11 is 0. The van der Waals surface area contributed by atoms with E-state index in [0.717, 1.165) is 24.8 Å². The summed E-state index contributed by atoms with van der Waals surface area (Å²) in [4.78, 5) is 34.6. The molecule has 0 saturated carbocycles. The van der Waals surface area contributed by atoms with E-state index in [1.54, 1.807) is 12.4 Å². The number of nitrogens with one attached hydrogen (secondary N) is 1. The molecule has 2 aromatic heterocycles. The number of fused-ring (bicyclic) bond motifs is 1. The summed E-state index contributed by atoms with van der Waals surface area (Å²) < 4.78 is 0. The molecule has 1 N–H and O–H groups in total. The van der Waals surface area contributed by atoms with Gasteiger partial charge in [0.25, 0.3) is 5.91 Å². The number of amides is 2. The fourth-order valence-corrected chi connectivity index (χ4v) is 2.90. The Labute approximate surface area is 134 Å². The maximum absolute atomic E-state index is 12.4. The van der Waals surface area contributed by atoms with Gasteiger partial charge in [-0.3, -0.25) is 14.6 Å². The number of piperidine rings is 1. The fraction of sp³-hybridized carbons (Fsp3) is 0.412. The molecule has 1 saturated heterocycles. The van der Waals surface area contributed by atoms with Crippen molar-refractivity contribution in [2.45, 2.75) is 32.2 Å². The third kappa shape index (κ3) is 3.31. The molecule has 6 heteroatoms. The molecular formula is C17H20N4O2. The standard InChI is InChI=1S/C17H20N4O2/c1-12(21-10-3-2-6-14(21)22)11-20-17(23)16-15-13(7-9-19-16)5-4-8-18-15/h4-5,7-9,12H,2-3,6,10-11H2,1H3,(H,20,23). The molecule has 2 aromatic rings. The van der Waals surface area contributed by atoms with Crippen LogP contribution in [0.1, 0.15) is 36.7 Å². The summed E-state index contributed by atoms with van der Waals surface area (Å²) in [7, 11) is 0. The van der Waals surface area contributed by atoms with Gasteiger partial charge in [0.05, 0.1) is 0 Å². The first-order chi connectivity index (χ1) is 11.2. The first-order valence-corrected chi connectivity index (χ1v) is 7.94. The highest BCUT2D eigenvalue weighted by Gasteiger charge is 2.23. The van der Waals surface area contributed by atoms with Crippen molar-refractivity contribution in [2.24, 2.45) is 0 Å². The molecule has 0 aliphatic carbocycles. The van der Waals surface area contributed by atoms with Crippen LogP contribution in [0.2, 0.25) is 0 Å². The molecule has 1 aliphatic rings. The highest BCUT2D eigenvalue weighted by atomic mass is 16.2. The molecule has 1 atom stereocenters. The van der Waals surface area contributed by atoms with Gasteiger partial charge in [-0.05, 0) is 31.9 Å². The van der Waals surface area contributed by atoms with E-state index >= 15 is 0 Å². The van der Waals surface area contributed by atoms with E-state index in [4.69, 9.17) is 0 Å². The average Bonchev–Trinajstić information content (AvgIpc) is 2.59. The smallest absolute Gasteiger partial charge is 0.272 e. The second-order valence-electron chi connectivity index (χ2n) is 5.84. The average molecular weight is 312 g/mol. The van der Waals surface area contributed by atoms with E-state index in [-0.39, 0.29) is 17.9 Å². The van der Waals surface area contributed by atoms with Crippen molar-refractivity contribution in [3.8, 4) is 0 Å². The fourth-order valence-electron chi connectivity index (χ4n) is 2.90. The minimum absolute atomic E-state index is 0.0188. The number of hydrogen-bond donors (Lipinski definition) is 1. The lowest BCUT2D eigenvalue weighted by Gasteiger charge is -2.32. The number of carbonyl (C=O) groups is 2. The second-order valence-corrected chi connectivity index (χ2v) is 5.84. The number of pyridine rings is 2. The Morgan fingerprint density at radius 2 is 2.17 bits per heavy atom. The number of carbonyl (C=O) groups excluding carboxylic acids is 2. The Hall–Kier alpha value is -2.50. The number of nitrogens with zero attached hydrogens (tertiary/aromatic N) is 3. The van der Waals surface area contributed by atoms with Crippen LogP contribution in [0, 0.1) is 0 Å². The van der Waals surface area contributed by atoms with Gasteiger partial charge >= 0.3 is 0 Å². The van der Waals surface area contributed by atoms with E-state index in [2.05, 4.69) is 15.3 Å². The molecule has 1 aliphatic heterocycles. The van der Waals surface area contributed by atoms with Crippen molar-refractivity contribution in [2.75, 3.05) is 13.1 Å². The largest absolute Gasteiger partial charge is 0.349 e. The molecule has 1 fully saturated rings. The molecule has 0 spiro atoms. The lowest BCUT2D eigenvalue weighted by atomic mass is 10.1. The van der Waals surface area contributed by atoms with Crippen LogP contribution >= 0.6 is 0 Å². The molecule has 120 valence electrons. The molecule has 0 aromatic carbocycles. The van der Waals surface area contributed by atoms with E-state index < -0.39 is 0 Å². The molecule has 0 radical (unpaired) electrons. The van der Waals surface area contributed by atoms with Crippen LogP contribution in [0.15, 0.2) is 30.6 Å². The second kappa shape index (κ2) is 6.73. The van der Waals surface area contributed by atoms with Gasteiger partial charge in [0.2, 0.25) is 5.91 Å². The van der Waals surface area contributed by atoms with Crippen LogP contribution in [-0.4, -0.2) is 45.8 Å². The van der Waals surface area contributed by atoms with Crippen LogP contribution in [0.25, 0.3) is 10.9 Å². The van der Waals surface area contributed by atoms with Gasteiger partial charge in [0, 0.05) is 43.3 Å². The lowest BCUT2D eigenvalue weighted by Crippen LogP contribution is -2.47. The topological polar surface area (TPSA) is 75.2 Å². The Morgan fingerprint density at radius 3 is 3.00 bits per heavy atom. The van der Waals surface area contributed by atoms with E-state index in [1.165, 1.54) is 0 Å². The van der Waals surface area contributed by atoms with Crippen LogP contribution in [0.5, 0.6) is 0 Å². The Kier molecular flexibility index (Phi) is 4.50. The van der Waals surface area contributed by atoms with Gasteiger partial charge in [0.15, 0.2) is 5.69 Å². The van der Waals surface area contributed by atoms with Gasteiger partial charge in [0.1, 0.15) is 5.52 Å². The van der Waals surface area contributed by atoms with Crippen molar-refractivity contribution < 1.29 is 9.59 Å². The highest BCUT2D eigenvalue weighted by Crippen LogP contribution is 2.15. The molecule has 23 heavy (non-hydrogen) atoms. The number of likely N-dealkylation sites (tertiary alicyclic amines) is 1. The lowest BCUT2D eigenvalue weighted by molar-refractivity contribution is -0.135. The molecule has 2 amide bonds. The number of aromatic nitrogens is 2. The third-order valence-corrected chi connectivity index (χ3v) is 4.19. The van der Waals surface area contributed by atoms with E-state index in [9.17, 15) is 9.59 Å².